The molecule has 0 saturated carbocycles. The molecule has 0 unspecified atom stereocenters. The topological polar surface area (TPSA) is 103 Å². The van der Waals surface area contributed by atoms with Crippen LogP contribution in [0.15, 0.2) is 71.8 Å². The molecule has 0 saturated heterocycles. The van der Waals surface area contributed by atoms with Gasteiger partial charge in [-0.15, -0.1) is 0 Å². The van der Waals surface area contributed by atoms with Crippen molar-refractivity contribution in [3.05, 3.63) is 78.1 Å². The number of methoxy groups -OCH3 is 1. The third-order valence-corrected chi connectivity index (χ3v) is 4.92. The summed E-state index contributed by atoms with van der Waals surface area (Å²) >= 11 is 0. The van der Waals surface area contributed by atoms with Gasteiger partial charge < -0.3 is 14.6 Å². The highest BCUT2D eigenvalue weighted by Crippen LogP contribution is 2.26. The van der Waals surface area contributed by atoms with Gasteiger partial charge in [-0.3, -0.25) is 4.79 Å². The lowest BCUT2D eigenvalue weighted by Gasteiger charge is -2.12. The number of anilines is 1. The van der Waals surface area contributed by atoms with E-state index >= 15 is 0 Å². The van der Waals surface area contributed by atoms with Gasteiger partial charge in [-0.1, -0.05) is 30.3 Å². The molecule has 0 fully saturated rings. The number of sulfonamides is 1. The molecule has 27 heavy (non-hydrogen) atoms. The predicted molar refractivity (Wildman–Crippen MR) is 102 cm³/mol. The fourth-order valence-corrected chi connectivity index (χ4v) is 3.43. The largest absolute Gasteiger partial charge is 0.495 e. The molecule has 1 amide bonds. The van der Waals surface area contributed by atoms with Crippen molar-refractivity contribution >= 4 is 21.6 Å². The first-order chi connectivity index (χ1) is 12.9. The third kappa shape index (κ3) is 4.36. The highest BCUT2D eigenvalue weighted by atomic mass is 32.2. The van der Waals surface area contributed by atoms with E-state index in [-0.39, 0.29) is 16.6 Å². The van der Waals surface area contributed by atoms with Gasteiger partial charge in [0.2, 0.25) is 10.0 Å². The van der Waals surface area contributed by atoms with Gasteiger partial charge in [0.25, 0.3) is 5.91 Å². The number of primary sulfonamides is 1. The van der Waals surface area contributed by atoms with Crippen LogP contribution in [0.25, 0.3) is 0 Å². The molecule has 0 aliphatic heterocycles. The van der Waals surface area contributed by atoms with Crippen molar-refractivity contribution in [1.29, 1.82) is 0 Å². The highest BCUT2D eigenvalue weighted by Gasteiger charge is 2.17. The molecule has 0 spiro atoms. The lowest BCUT2D eigenvalue weighted by molar-refractivity contribution is 0.101. The van der Waals surface area contributed by atoms with E-state index in [9.17, 15) is 13.2 Å². The zero-order valence-electron chi connectivity index (χ0n) is 14.6. The predicted octanol–water partition coefficient (Wildman–Crippen LogP) is 2.44. The van der Waals surface area contributed by atoms with Gasteiger partial charge in [0, 0.05) is 18.4 Å². The Morgan fingerprint density at radius 3 is 2.52 bits per heavy atom. The molecule has 0 radical (unpaired) electrons. The lowest BCUT2D eigenvalue weighted by Crippen LogP contribution is -2.18. The van der Waals surface area contributed by atoms with Gasteiger partial charge in [0.15, 0.2) is 0 Å². The molecule has 1 heterocycles. The molecule has 0 bridgehead atoms. The fraction of sp³-hybridized carbons (Fsp3) is 0.105. The number of hydrogen-bond acceptors (Lipinski definition) is 4. The summed E-state index contributed by atoms with van der Waals surface area (Å²) in [6.07, 6.45) is 1.81. The molecule has 3 N–H and O–H groups in total. The van der Waals surface area contributed by atoms with Crippen LogP contribution in [0.4, 0.5) is 5.69 Å². The average molecular weight is 385 g/mol. The molecular formula is C19H19N3O4S. The minimum Gasteiger partial charge on any atom is -0.495 e. The number of ether oxygens (including phenoxy) is 1. The van der Waals surface area contributed by atoms with Gasteiger partial charge in [0.05, 0.1) is 7.11 Å². The van der Waals surface area contributed by atoms with Gasteiger partial charge >= 0.3 is 0 Å². The molecule has 140 valence electrons. The first kappa shape index (κ1) is 18.7. The number of nitrogens with two attached hydrogens (primary N) is 1. The second-order valence-corrected chi connectivity index (χ2v) is 7.40. The van der Waals surface area contributed by atoms with Gasteiger partial charge in [-0.05, 0) is 35.9 Å². The monoisotopic (exact) mass is 385 g/mol. The molecule has 0 atom stereocenters. The van der Waals surface area contributed by atoms with Crippen LogP contribution < -0.4 is 15.2 Å². The Morgan fingerprint density at radius 1 is 1.11 bits per heavy atom. The number of nitrogens with zero attached hydrogens (tertiary/aromatic N) is 1. The Morgan fingerprint density at radius 2 is 1.85 bits per heavy atom. The zero-order valence-corrected chi connectivity index (χ0v) is 15.4. The summed E-state index contributed by atoms with van der Waals surface area (Å²) in [5.74, 6) is -0.246. The van der Waals surface area contributed by atoms with Crippen molar-refractivity contribution < 1.29 is 17.9 Å². The minimum atomic E-state index is -3.99. The quantitative estimate of drug-likeness (QED) is 0.680. The Labute approximate surface area is 157 Å². The maximum Gasteiger partial charge on any atom is 0.272 e. The van der Waals surface area contributed by atoms with Crippen molar-refractivity contribution in [1.82, 2.24) is 4.57 Å². The van der Waals surface area contributed by atoms with Crippen molar-refractivity contribution in [2.24, 2.45) is 5.14 Å². The molecule has 3 aromatic rings. The van der Waals surface area contributed by atoms with Crippen molar-refractivity contribution in [2.45, 2.75) is 11.4 Å². The summed E-state index contributed by atoms with van der Waals surface area (Å²) in [5.41, 5.74) is 1.81. The first-order valence-electron chi connectivity index (χ1n) is 8.10. The summed E-state index contributed by atoms with van der Waals surface area (Å²) in [6, 6.07) is 17.5. The van der Waals surface area contributed by atoms with Crippen LogP contribution in [0.5, 0.6) is 5.75 Å². The van der Waals surface area contributed by atoms with E-state index in [2.05, 4.69) is 5.32 Å². The van der Waals surface area contributed by atoms with Gasteiger partial charge in [-0.2, -0.15) is 0 Å². The number of carbonyl (C=O) groups excluding carboxylic acids is 1. The molecule has 7 nitrogen and oxygen atoms in total. The number of carbonyl (C=O) groups is 1. The number of hydrogen-bond donors (Lipinski definition) is 2. The molecule has 0 aliphatic rings. The van der Waals surface area contributed by atoms with Crippen LogP contribution >= 0.6 is 0 Å². The summed E-state index contributed by atoms with van der Waals surface area (Å²) in [5, 5.41) is 7.91. The van der Waals surface area contributed by atoms with Gasteiger partial charge in [-0.25, -0.2) is 13.6 Å². The summed E-state index contributed by atoms with van der Waals surface area (Å²) in [7, 11) is -2.64. The van der Waals surface area contributed by atoms with E-state index in [4.69, 9.17) is 9.88 Å². The fourth-order valence-electron chi connectivity index (χ4n) is 2.71. The SMILES string of the molecule is COc1ccc(NC(=O)c2cccn2Cc2ccccc2)cc1S(N)(=O)=O. The lowest BCUT2D eigenvalue weighted by atomic mass is 10.2. The van der Waals surface area contributed by atoms with Crippen molar-refractivity contribution in [3.8, 4) is 5.75 Å². The van der Waals surface area contributed by atoms with E-state index in [1.165, 1.54) is 19.2 Å². The van der Waals surface area contributed by atoms with E-state index in [0.717, 1.165) is 5.56 Å². The van der Waals surface area contributed by atoms with Crippen molar-refractivity contribution in [3.63, 3.8) is 0 Å². The second-order valence-electron chi connectivity index (χ2n) is 5.87. The Balaban J connectivity index is 1.84. The van der Waals surface area contributed by atoms with Gasteiger partial charge in [0.1, 0.15) is 16.3 Å². The molecular weight excluding hydrogens is 366 g/mol. The van der Waals surface area contributed by atoms with E-state index in [1.54, 1.807) is 18.2 Å². The van der Waals surface area contributed by atoms with Crippen LogP contribution in [-0.2, 0) is 16.6 Å². The number of rotatable bonds is 6. The highest BCUT2D eigenvalue weighted by molar-refractivity contribution is 7.89. The minimum absolute atomic E-state index is 0.114. The van der Waals surface area contributed by atoms with Crippen LogP contribution in [-0.4, -0.2) is 26.0 Å². The molecule has 1 aromatic heterocycles. The Kier molecular flexibility index (Phi) is 5.29. The summed E-state index contributed by atoms with van der Waals surface area (Å²) in [4.78, 5) is 12.5. The Bertz CT molecular complexity index is 1060. The standard InChI is InChI=1S/C19H19N3O4S/c1-26-17-10-9-15(12-18(17)27(20,24)25)21-19(23)16-8-5-11-22(16)13-14-6-3-2-4-7-14/h2-12H,13H2,1H3,(H,21,23)(H2,20,24,25). The van der Waals surface area contributed by atoms with E-state index in [1.807, 2.05) is 41.1 Å². The first-order valence-corrected chi connectivity index (χ1v) is 9.64. The number of nitrogens with one attached hydrogen (secondary N) is 1. The summed E-state index contributed by atoms with van der Waals surface area (Å²) in [6.45, 7) is 0.543. The maximum absolute atomic E-state index is 12.7. The molecule has 0 aliphatic carbocycles. The Hall–Kier alpha value is -3.10. The number of aromatic nitrogens is 1. The zero-order chi connectivity index (χ0) is 19.4. The van der Waals surface area contributed by atoms with E-state index < -0.39 is 10.0 Å². The van der Waals surface area contributed by atoms with Crippen LogP contribution in [0.2, 0.25) is 0 Å². The second kappa shape index (κ2) is 7.65. The molecule has 8 heteroatoms. The summed E-state index contributed by atoms with van der Waals surface area (Å²) < 4.78 is 30.3. The van der Waals surface area contributed by atoms with Crippen LogP contribution in [0.3, 0.4) is 0 Å². The third-order valence-electron chi connectivity index (χ3n) is 3.99. The maximum atomic E-state index is 12.7. The average Bonchev–Trinajstić information content (AvgIpc) is 3.10. The van der Waals surface area contributed by atoms with Crippen LogP contribution in [0.1, 0.15) is 16.1 Å². The number of benzene rings is 2. The normalized spacial score (nSPS) is 11.2. The van der Waals surface area contributed by atoms with Crippen molar-refractivity contribution in [2.75, 3.05) is 12.4 Å². The molecule has 2 aromatic carbocycles. The molecule has 3 rings (SSSR count). The smallest absolute Gasteiger partial charge is 0.272 e. The van der Waals surface area contributed by atoms with Crippen LogP contribution in [0, 0.1) is 0 Å². The number of amides is 1. The van der Waals surface area contributed by atoms with E-state index in [0.29, 0.717) is 17.9 Å².